The maximum absolute atomic E-state index is 11.8. The largest absolute Gasteiger partial charge is 0.497 e. The molecule has 2 rings (SSSR count). The summed E-state index contributed by atoms with van der Waals surface area (Å²) >= 11 is 4.80. The van der Waals surface area contributed by atoms with Crippen LogP contribution >= 0.6 is 27.3 Å². The van der Waals surface area contributed by atoms with Crippen molar-refractivity contribution in [2.24, 2.45) is 0 Å². The Balaban J connectivity index is 2.44. The zero-order valence-electron chi connectivity index (χ0n) is 11.1. The number of hydrogen-bond acceptors (Lipinski definition) is 5. The van der Waals surface area contributed by atoms with E-state index in [0.717, 1.165) is 20.7 Å². The third kappa shape index (κ3) is 2.96. The van der Waals surface area contributed by atoms with Gasteiger partial charge in [0.25, 0.3) is 0 Å². The lowest BCUT2D eigenvalue weighted by molar-refractivity contribution is 0.0533. The number of esters is 1. The van der Waals surface area contributed by atoms with Crippen LogP contribution in [0, 0.1) is 0 Å². The number of halogens is 1. The molecule has 0 amide bonds. The van der Waals surface area contributed by atoms with Gasteiger partial charge in [0.1, 0.15) is 10.6 Å². The van der Waals surface area contributed by atoms with E-state index in [4.69, 9.17) is 15.2 Å². The van der Waals surface area contributed by atoms with Gasteiger partial charge in [0.05, 0.1) is 19.4 Å². The van der Waals surface area contributed by atoms with E-state index < -0.39 is 0 Å². The molecule has 1 aromatic heterocycles. The Labute approximate surface area is 129 Å². The quantitative estimate of drug-likeness (QED) is 0.843. The van der Waals surface area contributed by atoms with Crippen LogP contribution in [0.1, 0.15) is 16.6 Å². The monoisotopic (exact) mass is 355 g/mol. The molecular weight excluding hydrogens is 342 g/mol. The highest BCUT2D eigenvalue weighted by molar-refractivity contribution is 9.10. The Hall–Kier alpha value is -1.53. The minimum Gasteiger partial charge on any atom is -0.497 e. The SMILES string of the molecule is CCOC(=O)c1sc(-c2cc(OC)ccc2Br)cc1N. The van der Waals surface area contributed by atoms with E-state index in [1.165, 1.54) is 11.3 Å². The lowest BCUT2D eigenvalue weighted by atomic mass is 10.2. The third-order valence-corrected chi connectivity index (χ3v) is 4.52. The molecule has 4 nitrogen and oxygen atoms in total. The number of carbonyl (C=O) groups excluding carboxylic acids is 1. The highest BCUT2D eigenvalue weighted by atomic mass is 79.9. The number of ether oxygens (including phenoxy) is 2. The second-order valence-corrected chi connectivity index (χ2v) is 5.87. The molecule has 6 heteroatoms. The van der Waals surface area contributed by atoms with E-state index in [9.17, 15) is 4.79 Å². The molecule has 20 heavy (non-hydrogen) atoms. The van der Waals surface area contributed by atoms with Gasteiger partial charge in [0.15, 0.2) is 0 Å². The van der Waals surface area contributed by atoms with Crippen molar-refractivity contribution in [3.8, 4) is 16.2 Å². The van der Waals surface area contributed by atoms with E-state index in [1.54, 1.807) is 20.1 Å². The first-order valence-electron chi connectivity index (χ1n) is 5.97. The van der Waals surface area contributed by atoms with E-state index in [2.05, 4.69) is 15.9 Å². The van der Waals surface area contributed by atoms with Crippen LogP contribution in [0.3, 0.4) is 0 Å². The molecule has 0 bridgehead atoms. The van der Waals surface area contributed by atoms with Gasteiger partial charge < -0.3 is 15.2 Å². The Morgan fingerprint density at radius 1 is 1.40 bits per heavy atom. The van der Waals surface area contributed by atoms with Crippen molar-refractivity contribution in [3.63, 3.8) is 0 Å². The number of rotatable bonds is 4. The van der Waals surface area contributed by atoms with Gasteiger partial charge in [-0.1, -0.05) is 15.9 Å². The number of carbonyl (C=O) groups is 1. The molecule has 0 spiro atoms. The van der Waals surface area contributed by atoms with Gasteiger partial charge in [0.2, 0.25) is 0 Å². The molecule has 2 aromatic rings. The lowest BCUT2D eigenvalue weighted by Gasteiger charge is -2.05. The van der Waals surface area contributed by atoms with Crippen LogP contribution in [0.5, 0.6) is 5.75 Å². The predicted octanol–water partition coefficient (Wildman–Crippen LogP) is 3.95. The van der Waals surface area contributed by atoms with Crippen LogP contribution < -0.4 is 10.5 Å². The van der Waals surface area contributed by atoms with Crippen molar-refractivity contribution in [3.05, 3.63) is 33.6 Å². The van der Waals surface area contributed by atoms with Crippen LogP contribution in [-0.2, 0) is 4.74 Å². The van der Waals surface area contributed by atoms with Crippen LogP contribution in [-0.4, -0.2) is 19.7 Å². The number of nitrogen functional groups attached to an aromatic ring is 1. The third-order valence-electron chi connectivity index (χ3n) is 2.66. The van der Waals surface area contributed by atoms with Gasteiger partial charge in [-0.3, -0.25) is 0 Å². The summed E-state index contributed by atoms with van der Waals surface area (Å²) in [5.41, 5.74) is 7.25. The van der Waals surface area contributed by atoms with Gasteiger partial charge in [-0.05, 0) is 31.2 Å². The predicted molar refractivity (Wildman–Crippen MR) is 84.4 cm³/mol. The van der Waals surface area contributed by atoms with E-state index in [1.807, 2.05) is 18.2 Å². The summed E-state index contributed by atoms with van der Waals surface area (Å²) in [4.78, 5) is 13.1. The van der Waals surface area contributed by atoms with Gasteiger partial charge in [-0.15, -0.1) is 11.3 Å². The molecule has 0 atom stereocenters. The first kappa shape index (κ1) is 14.9. The summed E-state index contributed by atoms with van der Waals surface area (Å²) < 4.78 is 11.1. The fraction of sp³-hybridized carbons (Fsp3) is 0.214. The van der Waals surface area contributed by atoms with Crippen molar-refractivity contribution in [2.45, 2.75) is 6.92 Å². The van der Waals surface area contributed by atoms with Crippen molar-refractivity contribution in [2.75, 3.05) is 19.5 Å². The molecule has 0 unspecified atom stereocenters. The standard InChI is InChI=1S/C14H14BrNO3S/c1-3-19-14(17)13-11(16)7-12(20-13)9-6-8(18-2)4-5-10(9)15/h4-7H,3,16H2,1-2H3. The topological polar surface area (TPSA) is 61.5 Å². The van der Waals surface area contributed by atoms with E-state index in [-0.39, 0.29) is 5.97 Å². The van der Waals surface area contributed by atoms with Crippen LogP contribution in [0.15, 0.2) is 28.7 Å². The minimum atomic E-state index is -0.389. The Bertz CT molecular complexity index is 639. The van der Waals surface area contributed by atoms with Crippen LogP contribution in [0.25, 0.3) is 10.4 Å². The maximum atomic E-state index is 11.8. The fourth-order valence-corrected chi connectivity index (χ4v) is 3.31. The number of methoxy groups -OCH3 is 1. The molecule has 0 saturated heterocycles. The number of hydrogen-bond donors (Lipinski definition) is 1. The first-order valence-corrected chi connectivity index (χ1v) is 7.58. The molecule has 0 aliphatic heterocycles. The molecule has 0 aliphatic rings. The fourth-order valence-electron chi connectivity index (χ4n) is 1.71. The second-order valence-electron chi connectivity index (χ2n) is 3.96. The number of anilines is 1. The van der Waals surface area contributed by atoms with Crippen molar-refractivity contribution >= 4 is 38.9 Å². The van der Waals surface area contributed by atoms with Crippen LogP contribution in [0.2, 0.25) is 0 Å². The molecule has 2 N–H and O–H groups in total. The highest BCUT2D eigenvalue weighted by Crippen LogP contribution is 2.39. The summed E-state index contributed by atoms with van der Waals surface area (Å²) in [6.07, 6.45) is 0. The number of nitrogens with two attached hydrogens (primary N) is 1. The molecule has 1 aromatic carbocycles. The highest BCUT2D eigenvalue weighted by Gasteiger charge is 2.17. The van der Waals surface area contributed by atoms with Crippen LogP contribution in [0.4, 0.5) is 5.69 Å². The Morgan fingerprint density at radius 3 is 2.80 bits per heavy atom. The molecule has 0 radical (unpaired) electrons. The molecule has 0 fully saturated rings. The van der Waals surface area contributed by atoms with Crippen molar-refractivity contribution in [1.29, 1.82) is 0 Å². The van der Waals surface area contributed by atoms with Crippen molar-refractivity contribution < 1.29 is 14.3 Å². The first-order chi connectivity index (χ1) is 9.56. The van der Waals surface area contributed by atoms with Gasteiger partial charge in [0, 0.05) is 14.9 Å². The summed E-state index contributed by atoms with van der Waals surface area (Å²) in [6.45, 7) is 2.09. The lowest BCUT2D eigenvalue weighted by Crippen LogP contribution is -2.04. The normalized spacial score (nSPS) is 10.3. The zero-order valence-corrected chi connectivity index (χ0v) is 13.5. The van der Waals surface area contributed by atoms with Gasteiger partial charge in [-0.25, -0.2) is 4.79 Å². The Morgan fingerprint density at radius 2 is 2.15 bits per heavy atom. The average Bonchev–Trinajstić information content (AvgIpc) is 2.81. The van der Waals surface area contributed by atoms with Gasteiger partial charge >= 0.3 is 5.97 Å². The molecular formula is C14H14BrNO3S. The number of benzene rings is 1. The summed E-state index contributed by atoms with van der Waals surface area (Å²) in [6, 6.07) is 7.42. The average molecular weight is 356 g/mol. The van der Waals surface area contributed by atoms with E-state index in [0.29, 0.717) is 17.2 Å². The number of thiophene rings is 1. The summed E-state index contributed by atoms with van der Waals surface area (Å²) in [5.74, 6) is 0.355. The van der Waals surface area contributed by atoms with Crippen molar-refractivity contribution in [1.82, 2.24) is 0 Å². The summed E-state index contributed by atoms with van der Waals surface area (Å²) in [7, 11) is 1.61. The molecule has 1 heterocycles. The molecule has 0 saturated carbocycles. The maximum Gasteiger partial charge on any atom is 0.350 e. The zero-order chi connectivity index (χ0) is 14.7. The summed E-state index contributed by atoms with van der Waals surface area (Å²) in [5, 5.41) is 0. The van der Waals surface area contributed by atoms with Gasteiger partial charge in [-0.2, -0.15) is 0 Å². The molecule has 0 aliphatic carbocycles. The molecule has 106 valence electrons. The minimum absolute atomic E-state index is 0.328. The van der Waals surface area contributed by atoms with E-state index >= 15 is 0 Å². The second kappa shape index (κ2) is 6.28. The Kier molecular flexibility index (Phi) is 4.67. The smallest absolute Gasteiger partial charge is 0.350 e.